The number of nitrogens with one attached hydrogen (secondary N) is 1. The summed E-state index contributed by atoms with van der Waals surface area (Å²) in [4.78, 5) is 3.37. The molecule has 1 heteroatoms. The predicted octanol–water partition coefficient (Wildman–Crippen LogP) is 1.93. The average Bonchev–Trinajstić information content (AvgIpc) is 2.59. The molecule has 1 aromatic rings. The zero-order valence-corrected chi connectivity index (χ0v) is 8.48. The van der Waals surface area contributed by atoms with E-state index in [1.54, 1.807) is 5.57 Å². The van der Waals surface area contributed by atoms with E-state index in [-0.39, 0.29) is 0 Å². The lowest BCUT2D eigenvalue weighted by Crippen LogP contribution is -2.30. The Morgan fingerprint density at radius 1 is 1.38 bits per heavy atom. The van der Waals surface area contributed by atoms with Gasteiger partial charge in [-0.15, -0.1) is 0 Å². The van der Waals surface area contributed by atoms with Gasteiger partial charge in [0.2, 0.25) is 0 Å². The van der Waals surface area contributed by atoms with Gasteiger partial charge in [0, 0.05) is 11.5 Å². The van der Waals surface area contributed by atoms with Crippen LogP contribution in [0.3, 0.4) is 0 Å². The molecule has 1 aliphatic rings. The van der Waals surface area contributed by atoms with Crippen LogP contribution in [0.25, 0.3) is 11.1 Å². The van der Waals surface area contributed by atoms with Crippen LogP contribution in [0, 0.1) is 0 Å². The molecule has 0 spiro atoms. The zero-order valence-electron chi connectivity index (χ0n) is 8.48. The van der Waals surface area contributed by atoms with Gasteiger partial charge in [0.05, 0.1) is 0 Å². The van der Waals surface area contributed by atoms with Crippen molar-refractivity contribution < 1.29 is 0 Å². The van der Waals surface area contributed by atoms with Gasteiger partial charge in [-0.25, -0.2) is 0 Å². The molecule has 1 heterocycles. The van der Waals surface area contributed by atoms with Gasteiger partial charge >= 0.3 is 0 Å². The molecule has 0 unspecified atom stereocenters. The minimum atomic E-state index is 1.25. The highest BCUT2D eigenvalue weighted by molar-refractivity contribution is 5.55. The van der Waals surface area contributed by atoms with E-state index in [0.29, 0.717) is 0 Å². The first kappa shape index (κ1) is 8.61. The largest absolute Gasteiger partial charge is 0.361 e. The van der Waals surface area contributed by atoms with Crippen LogP contribution in [-0.2, 0) is 0 Å². The summed E-state index contributed by atoms with van der Waals surface area (Å²) < 4.78 is 0. The molecular weight excluding hydrogens is 158 g/mol. The summed E-state index contributed by atoms with van der Waals surface area (Å²) in [6, 6.07) is 2.21. The number of fused-ring (bicyclic) bond motifs is 1. The van der Waals surface area contributed by atoms with Gasteiger partial charge in [-0.05, 0) is 43.0 Å². The number of aromatic amines is 1. The van der Waals surface area contributed by atoms with E-state index in [0.717, 1.165) is 0 Å². The van der Waals surface area contributed by atoms with Gasteiger partial charge in [0.25, 0.3) is 0 Å². The Kier molecular flexibility index (Phi) is 2.26. The normalized spacial score (nSPS) is 16.2. The Morgan fingerprint density at radius 3 is 3.00 bits per heavy atom. The van der Waals surface area contributed by atoms with Gasteiger partial charge in [-0.1, -0.05) is 18.9 Å². The smallest absolute Gasteiger partial charge is 0.0445 e. The molecule has 0 aliphatic heterocycles. The topological polar surface area (TPSA) is 15.8 Å². The SMILES string of the molecule is CCCC1=c2[nH]ccc2=C(C)CC1. The highest BCUT2D eigenvalue weighted by Gasteiger charge is 2.07. The molecule has 0 atom stereocenters. The first-order chi connectivity index (χ1) is 6.33. The number of rotatable bonds is 2. The third kappa shape index (κ3) is 1.43. The van der Waals surface area contributed by atoms with E-state index >= 15 is 0 Å². The first-order valence-corrected chi connectivity index (χ1v) is 5.18. The van der Waals surface area contributed by atoms with Gasteiger partial charge in [0.1, 0.15) is 0 Å². The first-order valence-electron chi connectivity index (χ1n) is 5.18. The molecule has 1 aliphatic carbocycles. The van der Waals surface area contributed by atoms with E-state index in [4.69, 9.17) is 0 Å². The molecule has 0 amide bonds. The Morgan fingerprint density at radius 2 is 2.23 bits per heavy atom. The van der Waals surface area contributed by atoms with Crippen molar-refractivity contribution >= 4 is 11.1 Å². The summed E-state index contributed by atoms with van der Waals surface area (Å²) in [6.07, 6.45) is 7.08. The van der Waals surface area contributed by atoms with E-state index in [2.05, 4.69) is 31.1 Å². The lowest BCUT2D eigenvalue weighted by atomic mass is 9.96. The maximum Gasteiger partial charge on any atom is 0.0445 e. The Balaban J connectivity index is 2.64. The number of hydrogen-bond acceptors (Lipinski definition) is 0. The van der Waals surface area contributed by atoms with Crippen LogP contribution in [0.2, 0.25) is 0 Å². The summed E-state index contributed by atoms with van der Waals surface area (Å²) in [5.41, 5.74) is 3.16. The zero-order chi connectivity index (χ0) is 9.26. The van der Waals surface area contributed by atoms with Crippen LogP contribution in [0.4, 0.5) is 0 Å². The summed E-state index contributed by atoms with van der Waals surface area (Å²) in [5, 5.41) is 2.86. The second-order valence-electron chi connectivity index (χ2n) is 3.90. The molecule has 0 saturated heterocycles. The van der Waals surface area contributed by atoms with E-state index in [1.807, 2.05) is 0 Å². The van der Waals surface area contributed by atoms with Crippen molar-refractivity contribution in [3.63, 3.8) is 0 Å². The van der Waals surface area contributed by atoms with Crippen LogP contribution in [0.1, 0.15) is 39.5 Å². The molecule has 1 aromatic heterocycles. The predicted molar refractivity (Wildman–Crippen MR) is 56.7 cm³/mol. The molecule has 70 valence electrons. The standard InChI is InChI=1S/C12H17N/c1-3-4-10-6-5-9(2)11-7-8-13-12(10)11/h7-8,13H,3-6H2,1-2H3. The molecule has 2 rings (SSSR count). The molecule has 13 heavy (non-hydrogen) atoms. The van der Waals surface area contributed by atoms with Crippen molar-refractivity contribution in [2.24, 2.45) is 0 Å². The molecular formula is C12H17N. The van der Waals surface area contributed by atoms with Crippen molar-refractivity contribution in [1.29, 1.82) is 0 Å². The Bertz CT molecular complexity index is 409. The van der Waals surface area contributed by atoms with Crippen molar-refractivity contribution in [2.45, 2.75) is 39.5 Å². The fourth-order valence-corrected chi connectivity index (χ4v) is 2.17. The van der Waals surface area contributed by atoms with Gasteiger partial charge < -0.3 is 4.98 Å². The van der Waals surface area contributed by atoms with Gasteiger partial charge in [0.15, 0.2) is 0 Å². The fourth-order valence-electron chi connectivity index (χ4n) is 2.17. The molecule has 0 bridgehead atoms. The molecule has 0 fully saturated rings. The maximum atomic E-state index is 3.37. The third-order valence-electron chi connectivity index (χ3n) is 2.91. The highest BCUT2D eigenvalue weighted by atomic mass is 14.7. The molecule has 0 aromatic carbocycles. The maximum absolute atomic E-state index is 3.37. The lowest BCUT2D eigenvalue weighted by Gasteiger charge is -2.10. The van der Waals surface area contributed by atoms with Crippen molar-refractivity contribution in [1.82, 2.24) is 4.98 Å². The minimum Gasteiger partial charge on any atom is -0.361 e. The molecule has 1 N–H and O–H groups in total. The summed E-state index contributed by atoms with van der Waals surface area (Å²) >= 11 is 0. The average molecular weight is 175 g/mol. The highest BCUT2D eigenvalue weighted by Crippen LogP contribution is 2.17. The van der Waals surface area contributed by atoms with Gasteiger partial charge in [-0.2, -0.15) is 0 Å². The van der Waals surface area contributed by atoms with Crippen molar-refractivity contribution in [3.05, 3.63) is 22.8 Å². The molecule has 1 nitrogen and oxygen atoms in total. The van der Waals surface area contributed by atoms with E-state index < -0.39 is 0 Å². The Labute approximate surface area is 79.2 Å². The number of aromatic nitrogens is 1. The third-order valence-corrected chi connectivity index (χ3v) is 2.91. The van der Waals surface area contributed by atoms with Crippen LogP contribution in [-0.4, -0.2) is 4.98 Å². The quantitative estimate of drug-likeness (QED) is 0.707. The number of hydrogen-bond donors (Lipinski definition) is 1. The second-order valence-corrected chi connectivity index (χ2v) is 3.90. The molecule has 0 saturated carbocycles. The van der Waals surface area contributed by atoms with Crippen LogP contribution in [0.15, 0.2) is 12.3 Å². The minimum absolute atomic E-state index is 1.25. The van der Waals surface area contributed by atoms with E-state index in [9.17, 15) is 0 Å². The molecule has 0 radical (unpaired) electrons. The monoisotopic (exact) mass is 175 g/mol. The van der Waals surface area contributed by atoms with Crippen LogP contribution < -0.4 is 10.6 Å². The second kappa shape index (κ2) is 3.41. The van der Waals surface area contributed by atoms with Crippen molar-refractivity contribution in [3.8, 4) is 0 Å². The Hall–Kier alpha value is -0.980. The fraction of sp³-hybridized carbons (Fsp3) is 0.500. The summed E-state index contributed by atoms with van der Waals surface area (Å²) in [5.74, 6) is 0. The number of H-pyrrole nitrogens is 1. The van der Waals surface area contributed by atoms with Crippen LogP contribution >= 0.6 is 0 Å². The summed E-state index contributed by atoms with van der Waals surface area (Å²) in [7, 11) is 0. The van der Waals surface area contributed by atoms with Crippen LogP contribution in [0.5, 0.6) is 0 Å². The lowest BCUT2D eigenvalue weighted by molar-refractivity contribution is 0.889. The van der Waals surface area contributed by atoms with Crippen molar-refractivity contribution in [2.75, 3.05) is 0 Å². The van der Waals surface area contributed by atoms with Gasteiger partial charge in [-0.3, -0.25) is 0 Å². The van der Waals surface area contributed by atoms with E-state index in [1.165, 1.54) is 41.8 Å². The summed E-state index contributed by atoms with van der Waals surface area (Å²) in [6.45, 7) is 4.50.